The summed E-state index contributed by atoms with van der Waals surface area (Å²) in [6.07, 6.45) is 5.21. The van der Waals surface area contributed by atoms with Gasteiger partial charge in [0.15, 0.2) is 5.11 Å². The molecule has 2 atom stereocenters. The maximum absolute atomic E-state index is 6.14. The van der Waals surface area contributed by atoms with Crippen LogP contribution in [0.1, 0.15) is 40.3 Å². The van der Waals surface area contributed by atoms with Crippen molar-refractivity contribution in [3.8, 4) is 11.5 Å². The van der Waals surface area contributed by atoms with Crippen LogP contribution in [0.4, 0.5) is 5.69 Å². The monoisotopic (exact) mass is 521 g/mol. The fraction of sp³-hybridized carbons (Fsp3) is 0.172. The second-order valence-corrected chi connectivity index (χ2v) is 9.72. The first-order valence-corrected chi connectivity index (χ1v) is 12.8. The lowest BCUT2D eigenvalue weighted by molar-refractivity contribution is 0.479. The highest BCUT2D eigenvalue weighted by Gasteiger charge is 2.42. The molecule has 0 radical (unpaired) electrons. The SMILES string of the molecule is Cc1ccccc1Oc1ccc(N2C(=S)N[C@@H](c3ccccn3)[C@@H]2c2cc(C)n(-n3cnnc3)c2C)cc1. The minimum Gasteiger partial charge on any atom is -0.457 e. The lowest BCUT2D eigenvalue weighted by atomic mass is 9.96. The van der Waals surface area contributed by atoms with Crippen LogP contribution in [0.5, 0.6) is 11.5 Å². The summed E-state index contributed by atoms with van der Waals surface area (Å²) in [5, 5.41) is 12.2. The summed E-state index contributed by atoms with van der Waals surface area (Å²) >= 11 is 5.92. The zero-order chi connectivity index (χ0) is 26.2. The molecule has 2 aromatic carbocycles. The normalized spacial score (nSPS) is 17.0. The summed E-state index contributed by atoms with van der Waals surface area (Å²) < 4.78 is 10.1. The number of ether oxygens (including phenoxy) is 1. The molecule has 0 amide bonds. The first-order valence-electron chi connectivity index (χ1n) is 12.4. The molecule has 190 valence electrons. The highest BCUT2D eigenvalue weighted by molar-refractivity contribution is 7.80. The Bertz CT molecular complexity index is 1580. The van der Waals surface area contributed by atoms with Crippen molar-refractivity contribution in [3.63, 3.8) is 0 Å². The van der Waals surface area contributed by atoms with Gasteiger partial charge in [0.05, 0.1) is 17.8 Å². The van der Waals surface area contributed by atoms with E-state index in [0.29, 0.717) is 5.11 Å². The Morgan fingerprint density at radius 1 is 0.895 bits per heavy atom. The van der Waals surface area contributed by atoms with Crippen molar-refractivity contribution >= 4 is 23.0 Å². The van der Waals surface area contributed by atoms with E-state index < -0.39 is 0 Å². The fourth-order valence-electron chi connectivity index (χ4n) is 5.15. The maximum atomic E-state index is 6.14. The smallest absolute Gasteiger partial charge is 0.174 e. The van der Waals surface area contributed by atoms with E-state index in [2.05, 4.69) is 50.0 Å². The zero-order valence-corrected chi connectivity index (χ0v) is 22.1. The minimum absolute atomic E-state index is 0.128. The summed E-state index contributed by atoms with van der Waals surface area (Å²) in [4.78, 5) is 6.85. The predicted molar refractivity (Wildman–Crippen MR) is 150 cm³/mol. The lowest BCUT2D eigenvalue weighted by Gasteiger charge is -2.28. The molecule has 5 aromatic rings. The van der Waals surface area contributed by atoms with Crippen LogP contribution in [0.25, 0.3) is 0 Å². The van der Waals surface area contributed by atoms with E-state index in [1.165, 1.54) is 0 Å². The molecule has 4 heterocycles. The number of pyridine rings is 1. The number of benzene rings is 2. The average Bonchev–Trinajstić information content (AvgIpc) is 3.64. The third kappa shape index (κ3) is 4.20. The van der Waals surface area contributed by atoms with Crippen molar-refractivity contribution in [1.29, 1.82) is 0 Å². The van der Waals surface area contributed by atoms with Gasteiger partial charge in [-0.1, -0.05) is 24.3 Å². The quantitative estimate of drug-likeness (QED) is 0.288. The number of aromatic nitrogens is 5. The van der Waals surface area contributed by atoms with Crippen molar-refractivity contribution in [2.24, 2.45) is 0 Å². The summed E-state index contributed by atoms with van der Waals surface area (Å²) in [5.74, 6) is 1.61. The molecule has 1 fully saturated rings. The molecule has 0 saturated carbocycles. The molecule has 0 spiro atoms. The van der Waals surface area contributed by atoms with Gasteiger partial charge in [-0.15, -0.1) is 10.2 Å². The first kappa shape index (κ1) is 23.9. The van der Waals surface area contributed by atoms with Crippen LogP contribution in [-0.2, 0) is 0 Å². The molecule has 9 heteroatoms. The highest BCUT2D eigenvalue weighted by atomic mass is 32.1. The van der Waals surface area contributed by atoms with Gasteiger partial charge in [0.25, 0.3) is 0 Å². The highest BCUT2D eigenvalue weighted by Crippen LogP contribution is 2.43. The molecule has 1 N–H and O–H groups in total. The first-order chi connectivity index (χ1) is 18.5. The van der Waals surface area contributed by atoms with Crippen LogP contribution in [0.3, 0.4) is 0 Å². The van der Waals surface area contributed by atoms with Gasteiger partial charge in [-0.25, -0.2) is 4.68 Å². The average molecular weight is 522 g/mol. The third-order valence-corrected chi connectivity index (χ3v) is 7.24. The number of anilines is 1. The van der Waals surface area contributed by atoms with Crippen molar-refractivity contribution < 1.29 is 4.74 Å². The molecule has 6 rings (SSSR count). The number of rotatable bonds is 6. The minimum atomic E-state index is -0.138. The molecular formula is C29H27N7OS. The largest absolute Gasteiger partial charge is 0.457 e. The molecule has 1 saturated heterocycles. The Kier molecular flexibility index (Phi) is 6.13. The van der Waals surface area contributed by atoms with Gasteiger partial charge < -0.3 is 15.0 Å². The molecular weight excluding hydrogens is 494 g/mol. The van der Waals surface area contributed by atoms with E-state index in [1.807, 2.05) is 84.5 Å². The van der Waals surface area contributed by atoms with E-state index in [4.69, 9.17) is 17.0 Å². The van der Waals surface area contributed by atoms with Crippen molar-refractivity contribution in [1.82, 2.24) is 29.9 Å². The van der Waals surface area contributed by atoms with Gasteiger partial charge in [0.1, 0.15) is 24.2 Å². The van der Waals surface area contributed by atoms with E-state index in [9.17, 15) is 0 Å². The summed E-state index contributed by atoms with van der Waals surface area (Å²) in [7, 11) is 0. The molecule has 0 aliphatic carbocycles. The number of thiocarbonyl (C=S) groups is 1. The molecule has 3 aromatic heterocycles. The van der Waals surface area contributed by atoms with Crippen molar-refractivity contribution in [2.75, 3.05) is 4.90 Å². The topological polar surface area (TPSA) is 73.0 Å². The summed E-state index contributed by atoms with van der Waals surface area (Å²) in [6, 6.07) is 24.0. The van der Waals surface area contributed by atoms with E-state index in [0.717, 1.165) is 45.4 Å². The number of nitrogens with one attached hydrogen (secondary N) is 1. The Balaban J connectivity index is 1.41. The van der Waals surface area contributed by atoms with Gasteiger partial charge >= 0.3 is 0 Å². The number of hydrogen-bond acceptors (Lipinski definition) is 5. The van der Waals surface area contributed by atoms with Crippen molar-refractivity contribution in [3.05, 3.63) is 120 Å². The second-order valence-electron chi connectivity index (χ2n) is 9.34. The number of nitrogens with zero attached hydrogens (tertiary/aromatic N) is 6. The number of aryl methyl sites for hydroxylation is 2. The number of para-hydroxylation sites is 1. The standard InChI is InChI=1S/C29H27N7OS/c1-19-8-4-5-10-26(19)37-23-13-11-22(12-14-23)35-28(27(33-29(35)38)25-9-6-7-15-30-25)24-16-20(2)36(21(24)3)34-17-31-32-18-34/h4-18,27-28H,1-3H3,(H,33,38)/t27-,28-/m0/s1. The van der Waals surface area contributed by atoms with Gasteiger partial charge in [0, 0.05) is 28.8 Å². The summed E-state index contributed by atoms with van der Waals surface area (Å²) in [6.45, 7) is 6.22. The third-order valence-electron chi connectivity index (χ3n) is 6.92. The fourth-order valence-corrected chi connectivity index (χ4v) is 5.50. The Labute approximate surface area is 226 Å². The van der Waals surface area contributed by atoms with Gasteiger partial charge in [-0.05, 0) is 87.1 Å². The van der Waals surface area contributed by atoms with Crippen LogP contribution in [-0.4, -0.2) is 29.6 Å². The van der Waals surface area contributed by atoms with E-state index >= 15 is 0 Å². The molecule has 38 heavy (non-hydrogen) atoms. The van der Waals surface area contributed by atoms with Crippen LogP contribution < -0.4 is 15.0 Å². The molecule has 0 unspecified atom stereocenters. The Morgan fingerprint density at radius 3 is 2.34 bits per heavy atom. The molecule has 1 aliphatic rings. The Morgan fingerprint density at radius 2 is 1.63 bits per heavy atom. The van der Waals surface area contributed by atoms with Crippen LogP contribution >= 0.6 is 12.2 Å². The van der Waals surface area contributed by atoms with Crippen molar-refractivity contribution in [2.45, 2.75) is 32.9 Å². The predicted octanol–water partition coefficient (Wildman–Crippen LogP) is 5.68. The van der Waals surface area contributed by atoms with Gasteiger partial charge in [-0.2, -0.15) is 0 Å². The maximum Gasteiger partial charge on any atom is 0.174 e. The van der Waals surface area contributed by atoms with Gasteiger partial charge in [-0.3, -0.25) is 9.66 Å². The Hall–Kier alpha value is -4.50. The van der Waals surface area contributed by atoms with E-state index in [1.54, 1.807) is 12.7 Å². The zero-order valence-electron chi connectivity index (χ0n) is 21.3. The van der Waals surface area contributed by atoms with Crippen LogP contribution in [0.15, 0.2) is 91.6 Å². The molecule has 8 nitrogen and oxygen atoms in total. The van der Waals surface area contributed by atoms with Gasteiger partial charge in [0.2, 0.25) is 0 Å². The second kappa shape index (κ2) is 9.75. The molecule has 1 aliphatic heterocycles. The van der Waals surface area contributed by atoms with E-state index in [-0.39, 0.29) is 12.1 Å². The summed E-state index contributed by atoms with van der Waals surface area (Å²) in [5.41, 5.74) is 6.26. The number of hydrogen-bond donors (Lipinski definition) is 1. The lowest BCUT2D eigenvalue weighted by Crippen LogP contribution is -2.29. The van der Waals surface area contributed by atoms with Crippen LogP contribution in [0.2, 0.25) is 0 Å². The molecule has 0 bridgehead atoms. The van der Waals surface area contributed by atoms with Crippen LogP contribution in [0, 0.1) is 20.8 Å².